The molecule has 1 fully saturated rings. The molecule has 1 saturated heterocycles. The Kier molecular flexibility index (Phi) is 6.40. The van der Waals surface area contributed by atoms with Gasteiger partial charge < -0.3 is 21.1 Å². The van der Waals surface area contributed by atoms with Crippen LogP contribution in [0.5, 0.6) is 0 Å². The van der Waals surface area contributed by atoms with Crippen LogP contribution in [0.4, 0.5) is 16.0 Å². The van der Waals surface area contributed by atoms with Gasteiger partial charge in [-0.05, 0) is 44.0 Å². The normalized spacial score (nSPS) is 21.2. The van der Waals surface area contributed by atoms with Gasteiger partial charge in [0, 0.05) is 56.2 Å². The summed E-state index contributed by atoms with van der Waals surface area (Å²) in [6.45, 7) is 4.18. The summed E-state index contributed by atoms with van der Waals surface area (Å²) in [6.07, 6.45) is 4.54. The Morgan fingerprint density at radius 2 is 2.09 bits per heavy atom. The van der Waals surface area contributed by atoms with Crippen molar-refractivity contribution in [1.82, 2.24) is 25.2 Å². The molecule has 4 rings (SSSR count). The van der Waals surface area contributed by atoms with E-state index in [-0.39, 0.29) is 23.5 Å². The number of hydrazone groups is 1. The molecule has 3 heterocycles. The molecular formula is C22H27FN8O. The van der Waals surface area contributed by atoms with Gasteiger partial charge in [0.1, 0.15) is 5.82 Å². The third-order valence-corrected chi connectivity index (χ3v) is 5.99. The number of piperidine rings is 1. The summed E-state index contributed by atoms with van der Waals surface area (Å²) in [5, 5.41) is 14.5. The minimum Gasteiger partial charge on any atom is -0.334 e. The van der Waals surface area contributed by atoms with Crippen LogP contribution in [0.1, 0.15) is 31.0 Å². The Labute approximate surface area is 186 Å². The summed E-state index contributed by atoms with van der Waals surface area (Å²) in [7, 11) is 1.61. The monoisotopic (exact) mass is 438 g/mol. The fourth-order valence-corrected chi connectivity index (χ4v) is 4.35. The molecule has 2 atom stereocenters. The summed E-state index contributed by atoms with van der Waals surface area (Å²) < 4.78 is 13.1. The van der Waals surface area contributed by atoms with Crippen LogP contribution in [-0.4, -0.2) is 63.3 Å². The number of hydrogen-bond donors (Lipinski definition) is 3. The lowest BCUT2D eigenvalue weighted by Gasteiger charge is -2.41. The molecule has 9 nitrogen and oxygen atoms in total. The van der Waals surface area contributed by atoms with Gasteiger partial charge in [-0.3, -0.25) is 9.69 Å². The van der Waals surface area contributed by atoms with Crippen LogP contribution in [-0.2, 0) is 17.9 Å². The molecule has 32 heavy (non-hydrogen) atoms. The molecule has 2 aliphatic rings. The first-order valence-electron chi connectivity index (χ1n) is 10.7. The van der Waals surface area contributed by atoms with E-state index >= 15 is 0 Å². The zero-order valence-electron chi connectivity index (χ0n) is 18.2. The van der Waals surface area contributed by atoms with Gasteiger partial charge in [-0.1, -0.05) is 0 Å². The number of halogens is 1. The second-order valence-electron chi connectivity index (χ2n) is 8.09. The lowest BCUT2D eigenvalue weighted by atomic mass is 9.96. The summed E-state index contributed by atoms with van der Waals surface area (Å²) in [6, 6.07) is 6.48. The van der Waals surface area contributed by atoms with Crippen LogP contribution >= 0.6 is 0 Å². The van der Waals surface area contributed by atoms with Gasteiger partial charge in [0.05, 0.1) is 11.9 Å². The highest BCUT2D eigenvalue weighted by atomic mass is 19.1. The van der Waals surface area contributed by atoms with Crippen molar-refractivity contribution in [2.24, 2.45) is 5.10 Å². The molecule has 10 heteroatoms. The number of likely N-dealkylation sites (tertiary alicyclic amines) is 1. The fourth-order valence-electron chi connectivity index (χ4n) is 4.35. The number of carbonyl (C=O) groups excluding carboxylic acids is 1. The summed E-state index contributed by atoms with van der Waals surface area (Å²) in [5.41, 5.74) is 5.53. The first-order chi connectivity index (χ1) is 15.5. The molecule has 0 saturated carbocycles. The minimum atomic E-state index is -0.286. The van der Waals surface area contributed by atoms with Gasteiger partial charge in [0.25, 0.3) is 5.91 Å². The zero-order valence-corrected chi connectivity index (χ0v) is 18.2. The Hall–Kier alpha value is -3.40. The van der Waals surface area contributed by atoms with Gasteiger partial charge in [-0.25, -0.2) is 14.4 Å². The van der Waals surface area contributed by atoms with E-state index in [4.69, 9.17) is 5.41 Å². The SMILES string of the molecule is CNN=C(C=N)C(=O)N1CC[C@@H](N2Cc3cnc(Nc4ccc(F)cc4)nc3C2)C[C@H]1C. The molecular weight excluding hydrogens is 411 g/mol. The lowest BCUT2D eigenvalue weighted by molar-refractivity contribution is -0.128. The smallest absolute Gasteiger partial charge is 0.276 e. The molecule has 0 spiro atoms. The van der Waals surface area contributed by atoms with Crippen LogP contribution in [0.2, 0.25) is 0 Å². The Morgan fingerprint density at radius 3 is 2.78 bits per heavy atom. The minimum absolute atomic E-state index is 0.0498. The van der Waals surface area contributed by atoms with E-state index in [0.29, 0.717) is 18.5 Å². The second kappa shape index (κ2) is 9.39. The van der Waals surface area contributed by atoms with Crippen molar-refractivity contribution in [2.75, 3.05) is 18.9 Å². The molecule has 0 aliphatic carbocycles. The summed E-state index contributed by atoms with van der Waals surface area (Å²) in [5.74, 6) is -0.00669. The molecule has 168 valence electrons. The highest BCUT2D eigenvalue weighted by Crippen LogP contribution is 2.30. The molecule has 2 aromatic rings. The molecule has 1 aromatic carbocycles. The number of benzene rings is 1. The van der Waals surface area contributed by atoms with Crippen molar-refractivity contribution in [3.05, 3.63) is 47.5 Å². The van der Waals surface area contributed by atoms with Crippen molar-refractivity contribution in [2.45, 2.75) is 44.9 Å². The standard InChI is InChI=1S/C22H27FN8O/c1-14-9-18(7-8-31(14)21(32)19(10-24)29-25-2)30-12-15-11-26-22(28-20(15)13-30)27-17-5-3-16(23)4-6-17/h3-6,10-11,14,18,24-25H,7-9,12-13H2,1-2H3,(H,26,27,28)/t14-,18-/m1/s1. The first-order valence-corrected chi connectivity index (χ1v) is 10.7. The van der Waals surface area contributed by atoms with Crippen molar-refractivity contribution in [3.8, 4) is 0 Å². The molecule has 0 bridgehead atoms. The van der Waals surface area contributed by atoms with Crippen LogP contribution in [0.15, 0.2) is 35.6 Å². The average Bonchev–Trinajstić information content (AvgIpc) is 3.22. The lowest BCUT2D eigenvalue weighted by Crippen LogP contribution is -2.52. The number of hydrogen-bond acceptors (Lipinski definition) is 8. The molecule has 3 N–H and O–H groups in total. The number of nitrogens with zero attached hydrogens (tertiary/aromatic N) is 5. The van der Waals surface area contributed by atoms with E-state index in [9.17, 15) is 9.18 Å². The van der Waals surface area contributed by atoms with E-state index in [1.807, 2.05) is 13.1 Å². The van der Waals surface area contributed by atoms with Crippen LogP contribution < -0.4 is 10.7 Å². The Balaban J connectivity index is 1.38. The van der Waals surface area contributed by atoms with Crippen LogP contribution in [0, 0.1) is 11.2 Å². The maximum Gasteiger partial charge on any atom is 0.276 e. The van der Waals surface area contributed by atoms with Crippen molar-refractivity contribution < 1.29 is 9.18 Å². The van der Waals surface area contributed by atoms with E-state index in [1.165, 1.54) is 12.1 Å². The largest absolute Gasteiger partial charge is 0.334 e. The topological polar surface area (TPSA) is 110 Å². The van der Waals surface area contributed by atoms with Crippen LogP contribution in [0.3, 0.4) is 0 Å². The fraction of sp³-hybridized carbons (Fsp3) is 0.409. The molecule has 1 amide bonds. The molecule has 0 radical (unpaired) electrons. The highest BCUT2D eigenvalue weighted by molar-refractivity contribution is 6.60. The second-order valence-corrected chi connectivity index (χ2v) is 8.09. The third-order valence-electron chi connectivity index (χ3n) is 5.99. The third kappa shape index (κ3) is 4.59. The van der Waals surface area contributed by atoms with Gasteiger partial charge >= 0.3 is 0 Å². The summed E-state index contributed by atoms with van der Waals surface area (Å²) in [4.78, 5) is 25.9. The number of amides is 1. The van der Waals surface area contributed by atoms with Gasteiger partial charge in [-0.2, -0.15) is 5.10 Å². The van der Waals surface area contributed by atoms with Gasteiger partial charge in [0.15, 0.2) is 5.71 Å². The molecule has 1 aromatic heterocycles. The van der Waals surface area contributed by atoms with E-state index in [0.717, 1.165) is 49.1 Å². The van der Waals surface area contributed by atoms with Crippen molar-refractivity contribution in [1.29, 1.82) is 5.41 Å². The van der Waals surface area contributed by atoms with Crippen molar-refractivity contribution in [3.63, 3.8) is 0 Å². The van der Waals surface area contributed by atoms with E-state index < -0.39 is 0 Å². The number of rotatable bonds is 6. The number of nitrogens with one attached hydrogen (secondary N) is 3. The predicted molar refractivity (Wildman–Crippen MR) is 120 cm³/mol. The zero-order chi connectivity index (χ0) is 22.7. The molecule has 2 aliphatic heterocycles. The Bertz CT molecular complexity index is 1030. The first kappa shape index (κ1) is 21.8. The van der Waals surface area contributed by atoms with E-state index in [2.05, 4.69) is 30.7 Å². The van der Waals surface area contributed by atoms with Gasteiger partial charge in [0.2, 0.25) is 5.95 Å². The average molecular weight is 439 g/mol. The predicted octanol–water partition coefficient (Wildman–Crippen LogP) is 2.28. The molecule has 0 unspecified atom stereocenters. The quantitative estimate of drug-likeness (QED) is 0.472. The maximum absolute atomic E-state index is 13.1. The van der Waals surface area contributed by atoms with Crippen LogP contribution in [0.25, 0.3) is 0 Å². The maximum atomic E-state index is 13.1. The van der Waals surface area contributed by atoms with Gasteiger partial charge in [-0.15, -0.1) is 0 Å². The highest BCUT2D eigenvalue weighted by Gasteiger charge is 2.35. The number of aromatic nitrogens is 2. The van der Waals surface area contributed by atoms with Crippen molar-refractivity contribution >= 4 is 29.5 Å². The Morgan fingerprint density at radius 1 is 1.31 bits per heavy atom. The summed E-state index contributed by atoms with van der Waals surface area (Å²) >= 11 is 0. The number of carbonyl (C=O) groups is 1. The number of fused-ring (bicyclic) bond motifs is 1. The number of anilines is 2. The van der Waals surface area contributed by atoms with E-state index in [1.54, 1.807) is 24.1 Å².